The average Bonchev–Trinajstić information content (AvgIpc) is 2.69. The zero-order chi connectivity index (χ0) is 9.97. The number of rotatable bonds is 3. The monoisotopic (exact) mass is 208 g/mol. The molecule has 0 radical (unpaired) electrons. The van der Waals surface area contributed by atoms with Gasteiger partial charge in [0.05, 0.1) is 6.20 Å². The SMILES string of the molecule is O=C(O)Cn1cc(-c2ccsc2)cn1. The Morgan fingerprint density at radius 1 is 1.57 bits per heavy atom. The highest BCUT2D eigenvalue weighted by molar-refractivity contribution is 7.08. The van der Waals surface area contributed by atoms with E-state index in [-0.39, 0.29) is 6.54 Å². The quantitative estimate of drug-likeness (QED) is 0.835. The summed E-state index contributed by atoms with van der Waals surface area (Å²) in [5.41, 5.74) is 2.03. The molecule has 0 spiro atoms. The first-order valence-electron chi connectivity index (χ1n) is 4.02. The van der Waals surface area contributed by atoms with Gasteiger partial charge in [-0.05, 0) is 22.4 Å². The van der Waals surface area contributed by atoms with Gasteiger partial charge in [-0.15, -0.1) is 0 Å². The Morgan fingerprint density at radius 3 is 3.07 bits per heavy atom. The largest absolute Gasteiger partial charge is 0.480 e. The lowest BCUT2D eigenvalue weighted by Crippen LogP contribution is -2.08. The Labute approximate surface area is 84.4 Å². The van der Waals surface area contributed by atoms with E-state index in [9.17, 15) is 4.79 Å². The van der Waals surface area contributed by atoms with Crippen molar-refractivity contribution in [3.05, 3.63) is 29.2 Å². The van der Waals surface area contributed by atoms with Crippen molar-refractivity contribution in [1.29, 1.82) is 0 Å². The Bertz CT molecular complexity index is 433. The van der Waals surface area contributed by atoms with Crippen LogP contribution >= 0.6 is 11.3 Å². The molecular formula is C9H8N2O2S. The van der Waals surface area contributed by atoms with E-state index in [1.54, 1.807) is 23.7 Å². The van der Waals surface area contributed by atoms with E-state index in [0.717, 1.165) is 11.1 Å². The maximum Gasteiger partial charge on any atom is 0.325 e. The average molecular weight is 208 g/mol. The molecule has 14 heavy (non-hydrogen) atoms. The van der Waals surface area contributed by atoms with Gasteiger partial charge < -0.3 is 5.11 Å². The molecule has 0 aliphatic carbocycles. The number of aliphatic carboxylic acids is 1. The summed E-state index contributed by atoms with van der Waals surface area (Å²) in [6.07, 6.45) is 3.40. The summed E-state index contributed by atoms with van der Waals surface area (Å²) in [6, 6.07) is 1.98. The molecule has 1 N–H and O–H groups in total. The van der Waals surface area contributed by atoms with Crippen LogP contribution < -0.4 is 0 Å². The van der Waals surface area contributed by atoms with Gasteiger partial charge in [-0.1, -0.05) is 0 Å². The second-order valence-corrected chi connectivity index (χ2v) is 3.61. The number of carboxylic acids is 1. The topological polar surface area (TPSA) is 55.1 Å². The highest BCUT2D eigenvalue weighted by atomic mass is 32.1. The van der Waals surface area contributed by atoms with E-state index in [1.807, 2.05) is 16.8 Å². The fourth-order valence-corrected chi connectivity index (χ4v) is 1.83. The fourth-order valence-electron chi connectivity index (χ4n) is 1.17. The Kier molecular flexibility index (Phi) is 2.32. The third kappa shape index (κ3) is 1.82. The van der Waals surface area contributed by atoms with E-state index < -0.39 is 5.97 Å². The van der Waals surface area contributed by atoms with Gasteiger partial charge >= 0.3 is 5.97 Å². The van der Waals surface area contributed by atoms with Gasteiger partial charge in [0.1, 0.15) is 6.54 Å². The lowest BCUT2D eigenvalue weighted by atomic mass is 10.2. The third-order valence-electron chi connectivity index (χ3n) is 1.79. The van der Waals surface area contributed by atoms with Crippen LogP contribution in [-0.2, 0) is 11.3 Å². The van der Waals surface area contributed by atoms with E-state index in [1.165, 1.54) is 4.68 Å². The molecular weight excluding hydrogens is 200 g/mol. The maximum atomic E-state index is 10.4. The van der Waals surface area contributed by atoms with Gasteiger partial charge in [0, 0.05) is 11.8 Å². The Hall–Kier alpha value is -1.62. The van der Waals surface area contributed by atoms with Crippen LogP contribution in [0.3, 0.4) is 0 Å². The zero-order valence-electron chi connectivity index (χ0n) is 7.25. The van der Waals surface area contributed by atoms with Crippen LogP contribution in [0.2, 0.25) is 0 Å². The second kappa shape index (κ2) is 3.63. The van der Waals surface area contributed by atoms with Crippen LogP contribution in [0.15, 0.2) is 29.2 Å². The molecule has 5 heteroatoms. The van der Waals surface area contributed by atoms with Crippen molar-refractivity contribution in [1.82, 2.24) is 9.78 Å². The third-order valence-corrected chi connectivity index (χ3v) is 2.47. The minimum Gasteiger partial charge on any atom is -0.480 e. The lowest BCUT2D eigenvalue weighted by Gasteiger charge is -1.93. The number of nitrogens with zero attached hydrogens (tertiary/aromatic N) is 2. The molecule has 4 nitrogen and oxygen atoms in total. The first-order chi connectivity index (χ1) is 6.75. The maximum absolute atomic E-state index is 10.4. The molecule has 0 saturated heterocycles. The molecule has 0 amide bonds. The highest BCUT2D eigenvalue weighted by Gasteiger charge is 2.04. The van der Waals surface area contributed by atoms with Crippen LogP contribution in [0.4, 0.5) is 0 Å². The summed E-state index contributed by atoms with van der Waals surface area (Å²) in [7, 11) is 0. The molecule has 2 heterocycles. The summed E-state index contributed by atoms with van der Waals surface area (Å²) < 4.78 is 1.41. The number of hydrogen-bond donors (Lipinski definition) is 1. The highest BCUT2D eigenvalue weighted by Crippen LogP contribution is 2.20. The van der Waals surface area contributed by atoms with Crippen LogP contribution in [0.5, 0.6) is 0 Å². The molecule has 0 bridgehead atoms. The molecule has 72 valence electrons. The van der Waals surface area contributed by atoms with Crippen molar-refractivity contribution in [2.45, 2.75) is 6.54 Å². The summed E-state index contributed by atoms with van der Waals surface area (Å²) in [5, 5.41) is 16.5. The molecule has 0 saturated carbocycles. The van der Waals surface area contributed by atoms with Gasteiger partial charge in [-0.3, -0.25) is 9.48 Å². The Morgan fingerprint density at radius 2 is 2.43 bits per heavy atom. The van der Waals surface area contributed by atoms with Crippen molar-refractivity contribution in [3.8, 4) is 11.1 Å². The lowest BCUT2D eigenvalue weighted by molar-refractivity contribution is -0.137. The number of hydrogen-bond acceptors (Lipinski definition) is 3. The van der Waals surface area contributed by atoms with Crippen molar-refractivity contribution < 1.29 is 9.90 Å². The van der Waals surface area contributed by atoms with Crippen LogP contribution in [0, 0.1) is 0 Å². The predicted molar refractivity (Wildman–Crippen MR) is 53.2 cm³/mol. The van der Waals surface area contributed by atoms with Crippen molar-refractivity contribution >= 4 is 17.3 Å². The summed E-state index contributed by atoms with van der Waals surface area (Å²) in [5.74, 6) is -0.884. The van der Waals surface area contributed by atoms with Gasteiger partial charge in [-0.25, -0.2) is 0 Å². The van der Waals surface area contributed by atoms with Gasteiger partial charge in [-0.2, -0.15) is 16.4 Å². The summed E-state index contributed by atoms with van der Waals surface area (Å²) in [6.45, 7) is -0.0931. The Balaban J connectivity index is 2.22. The summed E-state index contributed by atoms with van der Waals surface area (Å²) >= 11 is 1.60. The van der Waals surface area contributed by atoms with Crippen LogP contribution in [0.1, 0.15) is 0 Å². The van der Waals surface area contributed by atoms with Crippen LogP contribution in [-0.4, -0.2) is 20.9 Å². The molecule has 0 aliphatic rings. The molecule has 2 rings (SSSR count). The zero-order valence-corrected chi connectivity index (χ0v) is 8.07. The minimum absolute atomic E-state index is 0.0931. The van der Waals surface area contributed by atoms with Gasteiger partial charge in [0.25, 0.3) is 0 Å². The number of aromatic nitrogens is 2. The molecule has 0 unspecified atom stereocenters. The summed E-state index contributed by atoms with van der Waals surface area (Å²) in [4.78, 5) is 10.4. The molecule has 0 atom stereocenters. The van der Waals surface area contributed by atoms with E-state index >= 15 is 0 Å². The van der Waals surface area contributed by atoms with Gasteiger partial charge in [0.2, 0.25) is 0 Å². The van der Waals surface area contributed by atoms with E-state index in [0.29, 0.717) is 0 Å². The predicted octanol–water partition coefficient (Wildman–Crippen LogP) is 1.70. The molecule has 0 fully saturated rings. The van der Waals surface area contributed by atoms with Crippen molar-refractivity contribution in [2.24, 2.45) is 0 Å². The first-order valence-corrected chi connectivity index (χ1v) is 4.97. The fraction of sp³-hybridized carbons (Fsp3) is 0.111. The molecule has 2 aromatic heterocycles. The number of carboxylic acid groups (broad SMARTS) is 1. The number of thiophene rings is 1. The van der Waals surface area contributed by atoms with E-state index in [2.05, 4.69) is 5.10 Å². The van der Waals surface area contributed by atoms with Crippen molar-refractivity contribution in [2.75, 3.05) is 0 Å². The normalized spacial score (nSPS) is 10.3. The standard InChI is InChI=1S/C9H8N2O2S/c12-9(13)5-11-4-8(3-10-11)7-1-2-14-6-7/h1-4,6H,5H2,(H,12,13). The number of carbonyl (C=O) groups is 1. The van der Waals surface area contributed by atoms with Gasteiger partial charge in [0.15, 0.2) is 0 Å². The van der Waals surface area contributed by atoms with E-state index in [4.69, 9.17) is 5.11 Å². The van der Waals surface area contributed by atoms with Crippen molar-refractivity contribution in [3.63, 3.8) is 0 Å². The second-order valence-electron chi connectivity index (χ2n) is 2.83. The minimum atomic E-state index is -0.884. The molecule has 0 aliphatic heterocycles. The first kappa shape index (κ1) is 8.96. The molecule has 2 aromatic rings. The van der Waals surface area contributed by atoms with Crippen LogP contribution in [0.25, 0.3) is 11.1 Å². The molecule has 0 aromatic carbocycles. The smallest absolute Gasteiger partial charge is 0.325 e.